The predicted molar refractivity (Wildman–Crippen MR) is 50.1 cm³/mol. The van der Waals surface area contributed by atoms with Gasteiger partial charge in [0.25, 0.3) is 0 Å². The molecule has 2 nitrogen and oxygen atoms in total. The van der Waals surface area contributed by atoms with Crippen LogP contribution in [0.5, 0.6) is 0 Å². The lowest BCUT2D eigenvalue weighted by molar-refractivity contribution is -0.128. The number of ether oxygens (including phenoxy) is 2. The molecule has 1 heterocycles. The first-order valence-electron chi connectivity index (χ1n) is 4.38. The van der Waals surface area contributed by atoms with Gasteiger partial charge in [-0.1, -0.05) is 5.57 Å². The molecule has 0 saturated carbocycles. The summed E-state index contributed by atoms with van der Waals surface area (Å²) in [6, 6.07) is 0. The molecule has 0 amide bonds. The van der Waals surface area contributed by atoms with E-state index in [0.29, 0.717) is 0 Å². The molecule has 0 atom stereocenters. The third-order valence-electron chi connectivity index (χ3n) is 2.52. The van der Waals surface area contributed by atoms with Crippen molar-refractivity contribution < 1.29 is 9.47 Å². The van der Waals surface area contributed by atoms with Crippen LogP contribution >= 0.6 is 15.9 Å². The normalized spacial score (nSPS) is 28.5. The topological polar surface area (TPSA) is 18.5 Å². The zero-order valence-electron chi connectivity index (χ0n) is 7.23. The Bertz CT molecular complexity index is 217. The second-order valence-electron chi connectivity index (χ2n) is 3.40. The van der Waals surface area contributed by atoms with Crippen molar-refractivity contribution in [2.45, 2.75) is 32.0 Å². The average molecular weight is 233 g/mol. The highest BCUT2D eigenvalue weighted by Gasteiger charge is 2.41. The molecule has 0 aromatic heterocycles. The van der Waals surface area contributed by atoms with Crippen molar-refractivity contribution in [3.63, 3.8) is 0 Å². The average Bonchev–Trinajstić information content (AvgIpc) is 2.50. The summed E-state index contributed by atoms with van der Waals surface area (Å²) in [5.41, 5.74) is 1.36. The minimum atomic E-state index is -0.400. The molecule has 68 valence electrons. The first kappa shape index (κ1) is 8.73. The molecule has 0 radical (unpaired) electrons. The second kappa shape index (κ2) is 3.13. The SMILES string of the molecule is CC1=C(Br)C2(CCC1)OCCO2. The smallest absolute Gasteiger partial charge is 0.201 e. The van der Waals surface area contributed by atoms with Gasteiger partial charge in [0.1, 0.15) is 0 Å². The van der Waals surface area contributed by atoms with Crippen molar-refractivity contribution >= 4 is 15.9 Å². The van der Waals surface area contributed by atoms with Crippen LogP contribution in [-0.2, 0) is 9.47 Å². The number of rotatable bonds is 0. The van der Waals surface area contributed by atoms with Gasteiger partial charge < -0.3 is 9.47 Å². The standard InChI is InChI=1S/C9H13BrO2/c1-7-3-2-4-9(8(7)10)11-5-6-12-9/h2-6H2,1H3. The Hall–Kier alpha value is 0.140. The molecule has 0 N–H and O–H groups in total. The zero-order chi connectivity index (χ0) is 8.60. The van der Waals surface area contributed by atoms with Crippen molar-refractivity contribution in [3.8, 4) is 0 Å². The molecule has 1 aliphatic carbocycles. The van der Waals surface area contributed by atoms with Gasteiger partial charge >= 0.3 is 0 Å². The van der Waals surface area contributed by atoms with Crippen molar-refractivity contribution in [1.29, 1.82) is 0 Å². The van der Waals surface area contributed by atoms with Crippen molar-refractivity contribution in [3.05, 3.63) is 10.1 Å². The highest BCUT2D eigenvalue weighted by molar-refractivity contribution is 9.11. The van der Waals surface area contributed by atoms with Crippen LogP contribution in [0, 0.1) is 0 Å². The summed E-state index contributed by atoms with van der Waals surface area (Å²) >= 11 is 3.57. The fourth-order valence-electron chi connectivity index (χ4n) is 1.86. The first-order chi connectivity index (χ1) is 5.75. The van der Waals surface area contributed by atoms with Gasteiger partial charge in [-0.15, -0.1) is 0 Å². The minimum absolute atomic E-state index is 0.400. The predicted octanol–water partition coefficient (Wildman–Crippen LogP) is 2.58. The Balaban J connectivity index is 2.29. The van der Waals surface area contributed by atoms with Crippen LogP contribution < -0.4 is 0 Å². The third kappa shape index (κ3) is 1.24. The Morgan fingerprint density at radius 1 is 1.33 bits per heavy atom. The number of hydrogen-bond acceptors (Lipinski definition) is 2. The molecule has 1 aliphatic heterocycles. The summed E-state index contributed by atoms with van der Waals surface area (Å²) in [6.45, 7) is 3.58. The second-order valence-corrected chi connectivity index (χ2v) is 4.19. The Morgan fingerprint density at radius 3 is 2.67 bits per heavy atom. The lowest BCUT2D eigenvalue weighted by atomic mass is 9.96. The Morgan fingerprint density at radius 2 is 2.00 bits per heavy atom. The summed E-state index contributed by atoms with van der Waals surface area (Å²) in [4.78, 5) is 0. The largest absolute Gasteiger partial charge is 0.343 e. The van der Waals surface area contributed by atoms with E-state index < -0.39 is 5.79 Å². The summed E-state index contributed by atoms with van der Waals surface area (Å²) in [7, 11) is 0. The molecule has 1 saturated heterocycles. The van der Waals surface area contributed by atoms with E-state index in [2.05, 4.69) is 22.9 Å². The van der Waals surface area contributed by atoms with Gasteiger partial charge in [-0.25, -0.2) is 0 Å². The summed E-state index contributed by atoms with van der Waals surface area (Å²) in [6.07, 6.45) is 3.32. The van der Waals surface area contributed by atoms with E-state index >= 15 is 0 Å². The number of allylic oxidation sites excluding steroid dienone is 1. The van der Waals surface area contributed by atoms with E-state index in [1.165, 1.54) is 12.0 Å². The van der Waals surface area contributed by atoms with Gasteiger partial charge in [0.15, 0.2) is 0 Å². The minimum Gasteiger partial charge on any atom is -0.343 e. The Labute approximate surface area is 81.1 Å². The van der Waals surface area contributed by atoms with E-state index in [9.17, 15) is 0 Å². The molecule has 0 unspecified atom stereocenters. The summed E-state index contributed by atoms with van der Waals surface area (Å²) in [5, 5.41) is 0. The zero-order valence-corrected chi connectivity index (χ0v) is 8.82. The van der Waals surface area contributed by atoms with Gasteiger partial charge in [-0.3, -0.25) is 0 Å². The summed E-state index contributed by atoms with van der Waals surface area (Å²) in [5.74, 6) is -0.400. The molecule has 3 heteroatoms. The maximum Gasteiger partial charge on any atom is 0.201 e. The number of hydrogen-bond donors (Lipinski definition) is 0. The quantitative estimate of drug-likeness (QED) is 0.640. The molecule has 0 aromatic carbocycles. The van der Waals surface area contributed by atoms with E-state index in [1.807, 2.05) is 0 Å². The highest BCUT2D eigenvalue weighted by Crippen LogP contribution is 2.42. The maximum absolute atomic E-state index is 5.64. The van der Waals surface area contributed by atoms with Crippen LogP contribution in [0.3, 0.4) is 0 Å². The van der Waals surface area contributed by atoms with Crippen LogP contribution in [0.4, 0.5) is 0 Å². The third-order valence-corrected chi connectivity index (χ3v) is 3.80. The number of halogens is 1. The molecule has 0 bridgehead atoms. The van der Waals surface area contributed by atoms with Crippen LogP contribution in [0.1, 0.15) is 26.2 Å². The van der Waals surface area contributed by atoms with E-state index in [-0.39, 0.29) is 0 Å². The van der Waals surface area contributed by atoms with Gasteiger partial charge in [0, 0.05) is 6.42 Å². The monoisotopic (exact) mass is 232 g/mol. The van der Waals surface area contributed by atoms with E-state index in [1.54, 1.807) is 0 Å². The van der Waals surface area contributed by atoms with E-state index in [0.717, 1.165) is 30.5 Å². The van der Waals surface area contributed by atoms with Crippen LogP contribution in [0.25, 0.3) is 0 Å². The molecule has 1 spiro atoms. The maximum atomic E-state index is 5.64. The molecule has 0 aromatic rings. The van der Waals surface area contributed by atoms with Crippen molar-refractivity contribution in [2.24, 2.45) is 0 Å². The Kier molecular flexibility index (Phi) is 2.27. The molecule has 2 aliphatic rings. The van der Waals surface area contributed by atoms with Gasteiger partial charge in [0.05, 0.1) is 17.7 Å². The fourth-order valence-corrected chi connectivity index (χ4v) is 2.48. The van der Waals surface area contributed by atoms with Crippen molar-refractivity contribution in [1.82, 2.24) is 0 Å². The fraction of sp³-hybridized carbons (Fsp3) is 0.778. The molecular formula is C9H13BrO2. The molecule has 2 rings (SSSR count). The molecular weight excluding hydrogens is 220 g/mol. The summed E-state index contributed by atoms with van der Waals surface area (Å²) < 4.78 is 12.4. The molecule has 1 fully saturated rings. The van der Waals surface area contributed by atoms with Crippen LogP contribution in [0.2, 0.25) is 0 Å². The van der Waals surface area contributed by atoms with Gasteiger partial charge in [0.2, 0.25) is 5.79 Å². The van der Waals surface area contributed by atoms with Gasteiger partial charge in [-0.2, -0.15) is 0 Å². The van der Waals surface area contributed by atoms with Crippen LogP contribution in [0.15, 0.2) is 10.1 Å². The van der Waals surface area contributed by atoms with Crippen molar-refractivity contribution in [2.75, 3.05) is 13.2 Å². The van der Waals surface area contributed by atoms with Crippen LogP contribution in [-0.4, -0.2) is 19.0 Å². The lowest BCUT2D eigenvalue weighted by Crippen LogP contribution is -2.33. The van der Waals surface area contributed by atoms with E-state index in [4.69, 9.17) is 9.47 Å². The lowest BCUT2D eigenvalue weighted by Gasteiger charge is -2.32. The molecule has 12 heavy (non-hydrogen) atoms. The first-order valence-corrected chi connectivity index (χ1v) is 5.17. The van der Waals surface area contributed by atoms with Gasteiger partial charge in [-0.05, 0) is 35.7 Å². The highest BCUT2D eigenvalue weighted by atomic mass is 79.9.